The van der Waals surface area contributed by atoms with E-state index in [1.807, 2.05) is 49.3 Å². The first kappa shape index (κ1) is 14.3. The number of benzene rings is 2. The standard InChI is InChI=1S/C17H18N4O/c1-21(2)11-16-19-15-9-4-3-8-14(15)17(20-16)18-12-6-5-7-13(22)10-12/h3-10,22H,11H2,1-2H3,(H,18,19,20). The average molecular weight is 294 g/mol. The van der Waals surface area contributed by atoms with Crippen molar-refractivity contribution in [2.45, 2.75) is 6.54 Å². The number of nitrogens with zero attached hydrogens (tertiary/aromatic N) is 3. The van der Waals surface area contributed by atoms with Crippen molar-refractivity contribution in [3.63, 3.8) is 0 Å². The van der Waals surface area contributed by atoms with E-state index in [4.69, 9.17) is 0 Å². The Hall–Kier alpha value is -2.66. The molecule has 0 saturated heterocycles. The van der Waals surface area contributed by atoms with Crippen LogP contribution < -0.4 is 5.32 Å². The molecule has 0 aliphatic rings. The lowest BCUT2D eigenvalue weighted by atomic mass is 10.2. The van der Waals surface area contributed by atoms with Gasteiger partial charge in [-0.2, -0.15) is 0 Å². The third-order valence-corrected chi connectivity index (χ3v) is 3.22. The van der Waals surface area contributed by atoms with Gasteiger partial charge in [-0.1, -0.05) is 18.2 Å². The molecule has 5 heteroatoms. The fraction of sp³-hybridized carbons (Fsp3) is 0.176. The van der Waals surface area contributed by atoms with E-state index in [1.165, 1.54) is 0 Å². The van der Waals surface area contributed by atoms with Crippen LogP contribution in [0.2, 0.25) is 0 Å². The van der Waals surface area contributed by atoms with Crippen LogP contribution in [0.1, 0.15) is 5.82 Å². The first-order valence-electron chi connectivity index (χ1n) is 7.08. The predicted octanol–water partition coefficient (Wildman–Crippen LogP) is 3.14. The van der Waals surface area contributed by atoms with Gasteiger partial charge in [0.15, 0.2) is 0 Å². The molecule has 2 aromatic carbocycles. The van der Waals surface area contributed by atoms with E-state index in [1.54, 1.807) is 18.2 Å². The monoisotopic (exact) mass is 294 g/mol. The van der Waals surface area contributed by atoms with Crippen molar-refractivity contribution >= 4 is 22.4 Å². The molecule has 0 aliphatic carbocycles. The Balaban J connectivity index is 2.06. The van der Waals surface area contributed by atoms with E-state index in [0.29, 0.717) is 6.54 Å². The summed E-state index contributed by atoms with van der Waals surface area (Å²) in [5.41, 5.74) is 1.69. The van der Waals surface area contributed by atoms with E-state index >= 15 is 0 Å². The molecule has 0 amide bonds. The molecule has 0 bridgehead atoms. The van der Waals surface area contributed by atoms with Gasteiger partial charge in [0.1, 0.15) is 17.4 Å². The Kier molecular flexibility index (Phi) is 3.89. The van der Waals surface area contributed by atoms with Crippen molar-refractivity contribution in [1.29, 1.82) is 0 Å². The molecule has 1 heterocycles. The largest absolute Gasteiger partial charge is 0.508 e. The second-order valence-electron chi connectivity index (χ2n) is 5.42. The molecule has 0 unspecified atom stereocenters. The van der Waals surface area contributed by atoms with E-state index in [0.717, 1.165) is 28.2 Å². The van der Waals surface area contributed by atoms with Crippen molar-refractivity contribution in [1.82, 2.24) is 14.9 Å². The molecule has 0 aliphatic heterocycles. The number of aromatic nitrogens is 2. The summed E-state index contributed by atoms with van der Waals surface area (Å²) in [5.74, 6) is 1.72. The molecule has 0 spiro atoms. The SMILES string of the molecule is CN(C)Cc1nc(Nc2cccc(O)c2)c2ccccc2n1. The lowest BCUT2D eigenvalue weighted by Crippen LogP contribution is -2.14. The zero-order valence-corrected chi connectivity index (χ0v) is 12.6. The van der Waals surface area contributed by atoms with Gasteiger partial charge in [0.2, 0.25) is 0 Å². The van der Waals surface area contributed by atoms with Crippen LogP contribution in [0.5, 0.6) is 5.75 Å². The first-order chi connectivity index (χ1) is 10.6. The van der Waals surface area contributed by atoms with Crippen molar-refractivity contribution in [3.05, 3.63) is 54.4 Å². The second kappa shape index (κ2) is 5.99. The number of hydrogen-bond acceptors (Lipinski definition) is 5. The number of phenolic OH excluding ortho intramolecular Hbond substituents is 1. The van der Waals surface area contributed by atoms with Crippen LogP contribution >= 0.6 is 0 Å². The van der Waals surface area contributed by atoms with Gasteiger partial charge in [0, 0.05) is 17.1 Å². The lowest BCUT2D eigenvalue weighted by Gasteiger charge is -2.13. The lowest BCUT2D eigenvalue weighted by molar-refractivity contribution is 0.391. The summed E-state index contributed by atoms with van der Waals surface area (Å²) in [6.07, 6.45) is 0. The Morgan fingerprint density at radius 3 is 2.64 bits per heavy atom. The van der Waals surface area contributed by atoms with Gasteiger partial charge in [-0.05, 0) is 38.4 Å². The summed E-state index contributed by atoms with van der Waals surface area (Å²) < 4.78 is 0. The summed E-state index contributed by atoms with van der Waals surface area (Å²) in [5, 5.41) is 13.8. The first-order valence-corrected chi connectivity index (χ1v) is 7.08. The van der Waals surface area contributed by atoms with Crippen molar-refractivity contribution in [2.75, 3.05) is 19.4 Å². The van der Waals surface area contributed by atoms with Crippen LogP contribution in [-0.4, -0.2) is 34.1 Å². The molecule has 0 radical (unpaired) electrons. The molecular weight excluding hydrogens is 276 g/mol. The minimum absolute atomic E-state index is 0.219. The molecule has 0 fully saturated rings. The molecule has 3 rings (SSSR count). The van der Waals surface area contributed by atoms with Crippen LogP contribution in [0.4, 0.5) is 11.5 Å². The smallest absolute Gasteiger partial charge is 0.145 e. The summed E-state index contributed by atoms with van der Waals surface area (Å²) >= 11 is 0. The normalized spacial score (nSPS) is 11.0. The molecule has 5 nitrogen and oxygen atoms in total. The Bertz CT molecular complexity index is 802. The number of aromatic hydroxyl groups is 1. The molecular formula is C17H18N4O. The highest BCUT2D eigenvalue weighted by Gasteiger charge is 2.08. The van der Waals surface area contributed by atoms with Gasteiger partial charge < -0.3 is 15.3 Å². The maximum atomic E-state index is 9.60. The highest BCUT2D eigenvalue weighted by Crippen LogP contribution is 2.25. The molecule has 0 saturated carbocycles. The average Bonchev–Trinajstić information content (AvgIpc) is 2.46. The number of para-hydroxylation sites is 1. The number of anilines is 2. The third-order valence-electron chi connectivity index (χ3n) is 3.22. The molecule has 2 N–H and O–H groups in total. The number of rotatable bonds is 4. The Morgan fingerprint density at radius 2 is 1.86 bits per heavy atom. The summed E-state index contributed by atoms with van der Waals surface area (Å²) in [6.45, 7) is 0.666. The van der Waals surface area contributed by atoms with Gasteiger partial charge in [-0.15, -0.1) is 0 Å². The molecule has 22 heavy (non-hydrogen) atoms. The van der Waals surface area contributed by atoms with Crippen molar-refractivity contribution in [2.24, 2.45) is 0 Å². The van der Waals surface area contributed by atoms with Gasteiger partial charge in [0.05, 0.1) is 12.1 Å². The van der Waals surface area contributed by atoms with E-state index in [9.17, 15) is 5.11 Å². The van der Waals surface area contributed by atoms with Gasteiger partial charge >= 0.3 is 0 Å². The predicted molar refractivity (Wildman–Crippen MR) is 88.3 cm³/mol. The Labute approximate surface area is 129 Å². The van der Waals surface area contributed by atoms with E-state index in [2.05, 4.69) is 15.3 Å². The fourth-order valence-electron chi connectivity index (χ4n) is 2.29. The zero-order chi connectivity index (χ0) is 15.5. The molecule has 0 atom stereocenters. The maximum Gasteiger partial charge on any atom is 0.145 e. The van der Waals surface area contributed by atoms with Gasteiger partial charge in [-0.25, -0.2) is 9.97 Å². The molecule has 112 valence electrons. The van der Waals surface area contributed by atoms with E-state index < -0.39 is 0 Å². The highest BCUT2D eigenvalue weighted by atomic mass is 16.3. The van der Waals surface area contributed by atoms with Crippen LogP contribution in [-0.2, 0) is 6.54 Å². The summed E-state index contributed by atoms with van der Waals surface area (Å²) in [4.78, 5) is 11.2. The van der Waals surface area contributed by atoms with Crippen LogP contribution in [0.15, 0.2) is 48.5 Å². The minimum Gasteiger partial charge on any atom is -0.508 e. The third kappa shape index (κ3) is 3.15. The minimum atomic E-state index is 0.219. The maximum absolute atomic E-state index is 9.60. The summed E-state index contributed by atoms with van der Waals surface area (Å²) in [7, 11) is 3.97. The van der Waals surface area contributed by atoms with Gasteiger partial charge in [0.25, 0.3) is 0 Å². The van der Waals surface area contributed by atoms with Crippen LogP contribution in [0.25, 0.3) is 10.9 Å². The number of hydrogen-bond donors (Lipinski definition) is 2. The number of phenols is 1. The summed E-state index contributed by atoms with van der Waals surface area (Å²) in [6, 6.07) is 14.9. The fourth-order valence-corrected chi connectivity index (χ4v) is 2.29. The molecule has 1 aromatic heterocycles. The van der Waals surface area contributed by atoms with Gasteiger partial charge in [-0.3, -0.25) is 0 Å². The van der Waals surface area contributed by atoms with Crippen LogP contribution in [0.3, 0.4) is 0 Å². The van der Waals surface area contributed by atoms with E-state index in [-0.39, 0.29) is 5.75 Å². The topological polar surface area (TPSA) is 61.3 Å². The second-order valence-corrected chi connectivity index (χ2v) is 5.42. The molecule has 3 aromatic rings. The Morgan fingerprint density at radius 1 is 1.05 bits per heavy atom. The number of nitrogens with one attached hydrogen (secondary N) is 1. The quantitative estimate of drug-likeness (QED) is 0.774. The number of fused-ring (bicyclic) bond motifs is 1. The van der Waals surface area contributed by atoms with Crippen molar-refractivity contribution in [3.8, 4) is 5.75 Å². The van der Waals surface area contributed by atoms with Crippen LogP contribution in [0, 0.1) is 0 Å². The highest BCUT2D eigenvalue weighted by molar-refractivity contribution is 5.90. The zero-order valence-electron chi connectivity index (χ0n) is 12.6. The van der Waals surface area contributed by atoms with Crippen molar-refractivity contribution < 1.29 is 5.11 Å².